The lowest BCUT2D eigenvalue weighted by Gasteiger charge is -2.39. The van der Waals surface area contributed by atoms with Crippen molar-refractivity contribution in [2.24, 2.45) is 0 Å². The van der Waals surface area contributed by atoms with Crippen molar-refractivity contribution in [2.45, 2.75) is 22.9 Å². The first kappa shape index (κ1) is 16.4. The van der Waals surface area contributed by atoms with Gasteiger partial charge in [-0.05, 0) is 24.6 Å². The van der Waals surface area contributed by atoms with E-state index in [1.807, 2.05) is 0 Å². The van der Waals surface area contributed by atoms with E-state index in [9.17, 15) is 27.0 Å². The number of benzene rings is 1. The largest absolute Gasteiger partial charge is 0.475 e. The maximum absolute atomic E-state index is 12.4. The van der Waals surface area contributed by atoms with Crippen LogP contribution in [-0.2, 0) is 15.6 Å². The Hall–Kier alpha value is -1.94. The molecular weight excluding hydrogens is 325 g/mol. The van der Waals surface area contributed by atoms with Crippen LogP contribution in [0, 0.1) is 0 Å². The number of nitrogens with one attached hydrogen (secondary N) is 1. The molecule has 2 atom stereocenters. The number of carbonyl (C=O) groups is 2. The second-order valence-corrected chi connectivity index (χ2v) is 5.99. The minimum Gasteiger partial charge on any atom is -0.326 e. The van der Waals surface area contributed by atoms with Crippen LogP contribution in [0.15, 0.2) is 29.2 Å². The predicted molar refractivity (Wildman–Crippen MR) is 68.3 cm³/mol. The van der Waals surface area contributed by atoms with E-state index in [0.717, 1.165) is 17.0 Å². The highest BCUT2D eigenvalue weighted by atomic mass is 32.2. The van der Waals surface area contributed by atoms with Crippen LogP contribution in [0.25, 0.3) is 0 Å². The molecule has 6 nitrogen and oxygen atoms in total. The van der Waals surface area contributed by atoms with Gasteiger partial charge < -0.3 is 4.90 Å². The Morgan fingerprint density at radius 1 is 1.36 bits per heavy atom. The van der Waals surface area contributed by atoms with E-state index in [1.54, 1.807) is 0 Å². The topological polar surface area (TPSA) is 86.7 Å². The molecule has 0 aromatic heterocycles. The summed E-state index contributed by atoms with van der Waals surface area (Å²) in [6.07, 6.45) is 0.340. The maximum atomic E-state index is 12.4. The number of amides is 2. The Morgan fingerprint density at radius 3 is 2.55 bits per heavy atom. The Morgan fingerprint density at radius 2 is 2.05 bits per heavy atom. The summed E-state index contributed by atoms with van der Waals surface area (Å²) in [5, 5.41) is 8.54. The van der Waals surface area contributed by atoms with Crippen LogP contribution in [-0.4, -0.2) is 44.2 Å². The van der Waals surface area contributed by atoms with Gasteiger partial charge in [0.15, 0.2) is 10.8 Å². The van der Waals surface area contributed by atoms with Gasteiger partial charge in [-0.15, -0.1) is 0 Å². The lowest BCUT2D eigenvalue weighted by atomic mass is 10.0. The molecule has 1 fully saturated rings. The van der Waals surface area contributed by atoms with Crippen molar-refractivity contribution in [1.29, 1.82) is 0 Å². The molecule has 0 bridgehead atoms. The molecule has 0 aliphatic carbocycles. The van der Waals surface area contributed by atoms with Crippen LogP contribution >= 0.6 is 0 Å². The van der Waals surface area contributed by atoms with E-state index in [2.05, 4.69) is 0 Å². The molecule has 22 heavy (non-hydrogen) atoms. The summed E-state index contributed by atoms with van der Waals surface area (Å²) >= 11 is 0. The number of alkyl halides is 3. The quantitative estimate of drug-likeness (QED) is 0.638. The first-order chi connectivity index (χ1) is 10.3. The van der Waals surface area contributed by atoms with Crippen molar-refractivity contribution in [1.82, 2.24) is 10.4 Å². The second kappa shape index (κ2) is 6.05. The minimum absolute atomic E-state index is 0.106. The number of hydrogen-bond acceptors (Lipinski definition) is 4. The van der Waals surface area contributed by atoms with Crippen LogP contribution in [0.1, 0.15) is 16.8 Å². The maximum Gasteiger partial charge on any atom is 0.475 e. The lowest BCUT2D eigenvalue weighted by Crippen LogP contribution is -2.57. The van der Waals surface area contributed by atoms with Gasteiger partial charge in [0.1, 0.15) is 6.04 Å². The monoisotopic (exact) mass is 336 g/mol. The number of hydrogen-bond donors (Lipinski definition) is 2. The van der Waals surface area contributed by atoms with E-state index in [1.165, 1.54) is 17.6 Å². The summed E-state index contributed by atoms with van der Waals surface area (Å²) in [5.74, 6) is -1.43. The number of carbonyl (C=O) groups excluding carboxylic acids is 2. The number of halogens is 3. The van der Waals surface area contributed by atoms with E-state index < -0.39 is 39.1 Å². The lowest BCUT2D eigenvalue weighted by molar-refractivity contribution is -0.137. The van der Waals surface area contributed by atoms with Gasteiger partial charge in [-0.3, -0.25) is 14.8 Å². The molecule has 10 heteroatoms. The van der Waals surface area contributed by atoms with Gasteiger partial charge in [0.05, 0.1) is 0 Å². The van der Waals surface area contributed by atoms with Crippen LogP contribution in [0.4, 0.5) is 13.2 Å². The third-order valence-electron chi connectivity index (χ3n) is 3.20. The van der Waals surface area contributed by atoms with Crippen molar-refractivity contribution in [3.63, 3.8) is 0 Å². The van der Waals surface area contributed by atoms with Crippen molar-refractivity contribution >= 4 is 22.6 Å². The predicted octanol–water partition coefficient (Wildman–Crippen LogP) is 1.03. The molecule has 2 amide bonds. The molecule has 1 aliphatic heterocycles. The Labute approximate surface area is 125 Å². The average Bonchev–Trinajstić information content (AvgIpc) is 2.44. The van der Waals surface area contributed by atoms with Crippen molar-refractivity contribution in [3.05, 3.63) is 29.8 Å². The fourth-order valence-electron chi connectivity index (χ4n) is 2.02. The van der Waals surface area contributed by atoms with Crippen molar-refractivity contribution in [3.8, 4) is 0 Å². The third-order valence-corrected chi connectivity index (χ3v) is 4.30. The standard InChI is InChI=1S/C12H11F3N2O4S/c13-12(14,15)22(21)8-3-1-2-7(6-8)11(19)17-5-4-9(17)10(18)16-20/h1-3,6,9,20H,4-5H2,(H,16,18). The molecule has 1 aromatic rings. The van der Waals surface area contributed by atoms with E-state index >= 15 is 0 Å². The Balaban J connectivity index is 2.21. The van der Waals surface area contributed by atoms with Gasteiger partial charge >= 0.3 is 5.51 Å². The van der Waals surface area contributed by atoms with Crippen LogP contribution in [0.2, 0.25) is 0 Å². The number of nitrogens with zero attached hydrogens (tertiary/aromatic N) is 1. The summed E-state index contributed by atoms with van der Waals surface area (Å²) in [6.45, 7) is 0.240. The van der Waals surface area contributed by atoms with Gasteiger partial charge in [0.2, 0.25) is 0 Å². The highest BCUT2D eigenvalue weighted by Gasteiger charge is 2.40. The van der Waals surface area contributed by atoms with E-state index in [4.69, 9.17) is 5.21 Å². The van der Waals surface area contributed by atoms with Gasteiger partial charge in [-0.25, -0.2) is 9.69 Å². The van der Waals surface area contributed by atoms with Gasteiger partial charge in [-0.2, -0.15) is 13.2 Å². The van der Waals surface area contributed by atoms with Crippen LogP contribution in [0.3, 0.4) is 0 Å². The molecule has 2 rings (SSSR count). The molecule has 1 aliphatic rings. The summed E-state index contributed by atoms with van der Waals surface area (Å²) < 4.78 is 48.6. The van der Waals surface area contributed by atoms with Crippen LogP contribution < -0.4 is 5.48 Å². The fourth-order valence-corrected chi connectivity index (χ4v) is 2.72. The third kappa shape index (κ3) is 3.12. The number of likely N-dealkylation sites (tertiary alicyclic amines) is 1. The normalized spacial score (nSPS) is 19.3. The molecule has 2 unspecified atom stereocenters. The smallest absolute Gasteiger partial charge is 0.326 e. The molecular formula is C12H11F3N2O4S. The number of rotatable bonds is 3. The zero-order valence-corrected chi connectivity index (χ0v) is 11.8. The molecule has 120 valence electrons. The Bertz CT molecular complexity index is 635. The highest BCUT2D eigenvalue weighted by molar-refractivity contribution is 7.86. The average molecular weight is 336 g/mol. The molecule has 0 spiro atoms. The molecule has 1 saturated heterocycles. The number of hydroxylamine groups is 1. The highest BCUT2D eigenvalue weighted by Crippen LogP contribution is 2.27. The van der Waals surface area contributed by atoms with Crippen LogP contribution in [0.5, 0.6) is 0 Å². The molecule has 2 N–H and O–H groups in total. The van der Waals surface area contributed by atoms with Gasteiger partial charge in [0.25, 0.3) is 11.8 Å². The molecule has 0 radical (unpaired) electrons. The molecule has 0 saturated carbocycles. The second-order valence-electron chi connectivity index (χ2n) is 4.52. The SMILES string of the molecule is O=C(NO)C1CCN1C(=O)c1cccc(S(=O)C(F)(F)F)c1. The first-order valence-electron chi connectivity index (χ1n) is 6.09. The van der Waals surface area contributed by atoms with E-state index in [0.29, 0.717) is 6.42 Å². The van der Waals surface area contributed by atoms with Crippen molar-refractivity contribution < 1.29 is 32.2 Å². The summed E-state index contributed by atoms with van der Waals surface area (Å²) in [7, 11) is -3.23. The van der Waals surface area contributed by atoms with Crippen molar-refractivity contribution in [2.75, 3.05) is 6.54 Å². The summed E-state index contributed by atoms with van der Waals surface area (Å²) in [5.41, 5.74) is -3.60. The summed E-state index contributed by atoms with van der Waals surface area (Å²) in [4.78, 5) is 24.0. The summed E-state index contributed by atoms with van der Waals surface area (Å²) in [6, 6.07) is 3.49. The zero-order chi connectivity index (χ0) is 16.5. The fraction of sp³-hybridized carbons (Fsp3) is 0.333. The first-order valence-corrected chi connectivity index (χ1v) is 7.24. The van der Waals surface area contributed by atoms with Gasteiger partial charge in [0, 0.05) is 17.0 Å². The van der Waals surface area contributed by atoms with Gasteiger partial charge in [-0.1, -0.05) is 6.07 Å². The molecule has 1 aromatic carbocycles. The minimum atomic E-state index is -4.92. The molecule has 1 heterocycles. The Kier molecular flexibility index (Phi) is 4.52. The van der Waals surface area contributed by atoms with E-state index in [-0.39, 0.29) is 12.1 Å². The zero-order valence-electron chi connectivity index (χ0n) is 11.0.